The first-order valence-corrected chi connectivity index (χ1v) is 3.33. The van der Waals surface area contributed by atoms with E-state index >= 15 is 0 Å². The van der Waals surface area contributed by atoms with Crippen LogP contribution in [-0.2, 0) is 0 Å². The van der Waals surface area contributed by atoms with Crippen LogP contribution in [0, 0.1) is 6.92 Å². The summed E-state index contributed by atoms with van der Waals surface area (Å²) in [5, 5.41) is 21.0. The number of aryl methyl sites for hydroxylation is 1. The molecule has 1 aromatic carbocycles. The van der Waals surface area contributed by atoms with Crippen molar-refractivity contribution < 1.29 is 10.4 Å². The Hall–Kier alpha value is -1.98. The van der Waals surface area contributed by atoms with E-state index < -0.39 is 16.2 Å². The molecule has 0 aliphatic heterocycles. The maximum Gasteiger partial charge on any atom is 0.240 e. The molecule has 68 valence electrons. The fraction of sp³-hybridized carbons (Fsp3) is 0.143. The fourth-order valence-corrected chi connectivity index (χ4v) is 0.955. The molecule has 2 N–H and O–H groups in total. The van der Waals surface area contributed by atoms with Gasteiger partial charge in [0.05, 0.1) is 0 Å². The molecule has 0 amide bonds. The first-order valence-electron chi connectivity index (χ1n) is 3.33. The highest BCUT2D eigenvalue weighted by molar-refractivity contribution is 5.12. The summed E-state index contributed by atoms with van der Waals surface area (Å²) in [4.78, 5) is 22.1. The van der Waals surface area contributed by atoms with E-state index in [1.807, 2.05) is 0 Å². The van der Waals surface area contributed by atoms with Crippen molar-refractivity contribution in [2.45, 2.75) is 6.92 Å². The lowest BCUT2D eigenvalue weighted by molar-refractivity contribution is 0.295. The van der Waals surface area contributed by atoms with E-state index in [1.54, 1.807) is 0 Å². The van der Waals surface area contributed by atoms with E-state index in [2.05, 4.69) is 10.3 Å². The van der Waals surface area contributed by atoms with Gasteiger partial charge in [0.2, 0.25) is 10.9 Å². The van der Waals surface area contributed by atoms with Gasteiger partial charge in [-0.15, -0.1) is 0 Å². The van der Waals surface area contributed by atoms with Crippen molar-refractivity contribution >= 4 is 0 Å². The van der Waals surface area contributed by atoms with Crippen LogP contribution in [0.15, 0.2) is 26.0 Å². The standard InChI is InChI=1S/C7H6N2O4/c1-3-2-4(10)6(9-13)7(11)5(3)8-12/h2,12-13H,1H3/b8-5-,9-6+. The highest BCUT2D eigenvalue weighted by Crippen LogP contribution is 1.73. The maximum atomic E-state index is 11.2. The Morgan fingerprint density at radius 3 is 2.15 bits per heavy atom. The molecule has 6 nitrogen and oxygen atoms in total. The van der Waals surface area contributed by atoms with Gasteiger partial charge in [0.1, 0.15) is 0 Å². The third-order valence-electron chi connectivity index (χ3n) is 1.58. The van der Waals surface area contributed by atoms with E-state index in [9.17, 15) is 9.59 Å². The van der Waals surface area contributed by atoms with Crippen molar-refractivity contribution in [1.29, 1.82) is 0 Å². The van der Waals surface area contributed by atoms with E-state index in [0.717, 1.165) is 6.07 Å². The first-order chi connectivity index (χ1) is 6.11. The van der Waals surface area contributed by atoms with Crippen LogP contribution in [0.4, 0.5) is 0 Å². The minimum absolute atomic E-state index is 0.241. The molecule has 1 aromatic rings. The van der Waals surface area contributed by atoms with Crippen molar-refractivity contribution in [1.82, 2.24) is 0 Å². The monoisotopic (exact) mass is 182 g/mol. The van der Waals surface area contributed by atoms with Gasteiger partial charge >= 0.3 is 0 Å². The smallest absolute Gasteiger partial charge is 0.240 e. The molecule has 0 aliphatic carbocycles. The van der Waals surface area contributed by atoms with Crippen LogP contribution in [-0.4, -0.2) is 10.4 Å². The van der Waals surface area contributed by atoms with Gasteiger partial charge in [0.25, 0.3) is 0 Å². The van der Waals surface area contributed by atoms with Gasteiger partial charge in [-0.05, 0) is 18.6 Å². The van der Waals surface area contributed by atoms with Gasteiger partial charge in [-0.1, -0.05) is 10.3 Å². The number of hydrogen-bond acceptors (Lipinski definition) is 6. The molecule has 1 rings (SSSR count). The molecular formula is C7H6N2O4. The molecule has 0 saturated heterocycles. The molecule has 0 unspecified atom stereocenters. The number of hydrogen-bond donors (Lipinski definition) is 2. The zero-order valence-electron chi connectivity index (χ0n) is 6.68. The SMILES string of the molecule is Cc1cc(=O)/c(=N\O)c(=O)/c1=N\O. The largest absolute Gasteiger partial charge is 0.410 e. The van der Waals surface area contributed by atoms with Crippen LogP contribution in [0.5, 0.6) is 0 Å². The zero-order chi connectivity index (χ0) is 10.0. The number of nitrogens with zero attached hydrogens (tertiary/aromatic N) is 2. The van der Waals surface area contributed by atoms with Gasteiger partial charge in [-0.3, -0.25) is 9.59 Å². The third-order valence-corrected chi connectivity index (χ3v) is 1.58. The van der Waals surface area contributed by atoms with Crippen molar-refractivity contribution in [2.75, 3.05) is 0 Å². The summed E-state index contributed by atoms with van der Waals surface area (Å²) in [7, 11) is 0. The van der Waals surface area contributed by atoms with Crippen molar-refractivity contribution in [3.8, 4) is 0 Å². The molecule has 0 heterocycles. The third kappa shape index (κ3) is 1.33. The Balaban J connectivity index is 4.06. The Labute approximate surface area is 71.4 Å². The molecule has 0 aromatic heterocycles. The molecule has 6 heteroatoms. The van der Waals surface area contributed by atoms with Crippen LogP contribution in [0.25, 0.3) is 0 Å². The lowest BCUT2D eigenvalue weighted by atomic mass is 10.2. The summed E-state index contributed by atoms with van der Waals surface area (Å²) in [6.45, 7) is 1.44. The van der Waals surface area contributed by atoms with E-state index in [1.165, 1.54) is 6.92 Å². The molecule has 0 aliphatic rings. The predicted octanol–water partition coefficient (Wildman–Crippen LogP) is -1.83. The van der Waals surface area contributed by atoms with Crippen LogP contribution in [0.2, 0.25) is 0 Å². The van der Waals surface area contributed by atoms with Crippen LogP contribution < -0.4 is 21.6 Å². The molecule has 0 bridgehead atoms. The van der Waals surface area contributed by atoms with Gasteiger partial charge in [0, 0.05) is 0 Å². The zero-order valence-corrected chi connectivity index (χ0v) is 6.68. The lowest BCUT2D eigenvalue weighted by Gasteiger charge is -1.87. The maximum absolute atomic E-state index is 11.2. The second kappa shape index (κ2) is 3.18. The average molecular weight is 182 g/mol. The van der Waals surface area contributed by atoms with Gasteiger partial charge in [-0.2, -0.15) is 0 Å². The molecule has 0 atom stereocenters. The second-order valence-corrected chi connectivity index (χ2v) is 2.42. The van der Waals surface area contributed by atoms with Crippen LogP contribution >= 0.6 is 0 Å². The molecule has 0 radical (unpaired) electrons. The summed E-state index contributed by atoms with van der Waals surface area (Å²) < 4.78 is 0. The summed E-state index contributed by atoms with van der Waals surface area (Å²) >= 11 is 0. The Morgan fingerprint density at radius 2 is 1.69 bits per heavy atom. The van der Waals surface area contributed by atoms with Gasteiger partial charge < -0.3 is 10.4 Å². The minimum atomic E-state index is -0.880. The van der Waals surface area contributed by atoms with Crippen molar-refractivity contribution in [3.05, 3.63) is 42.8 Å². The van der Waals surface area contributed by atoms with Crippen molar-refractivity contribution in [3.63, 3.8) is 0 Å². The summed E-state index contributed by atoms with van der Waals surface area (Å²) in [6.07, 6.45) is 0. The predicted molar refractivity (Wildman–Crippen MR) is 40.8 cm³/mol. The average Bonchev–Trinajstić information content (AvgIpc) is 2.04. The van der Waals surface area contributed by atoms with E-state index in [-0.39, 0.29) is 10.9 Å². The number of benzene rings is 1. The molecule has 0 saturated carbocycles. The molecule has 0 spiro atoms. The van der Waals surface area contributed by atoms with Crippen molar-refractivity contribution in [2.24, 2.45) is 10.3 Å². The minimum Gasteiger partial charge on any atom is -0.410 e. The summed E-state index contributed by atoms with van der Waals surface area (Å²) in [6, 6.07) is 1.06. The second-order valence-electron chi connectivity index (χ2n) is 2.42. The Bertz CT molecular complexity index is 537. The quantitative estimate of drug-likeness (QED) is 0.364. The normalized spacial score (nSPS) is 13.6. The molecule has 0 fully saturated rings. The summed E-state index contributed by atoms with van der Waals surface area (Å²) in [5.74, 6) is 0. The number of rotatable bonds is 0. The van der Waals surface area contributed by atoms with E-state index in [0.29, 0.717) is 0 Å². The van der Waals surface area contributed by atoms with E-state index in [4.69, 9.17) is 10.4 Å². The van der Waals surface area contributed by atoms with Gasteiger partial charge in [0.15, 0.2) is 10.7 Å². The molecule has 13 heavy (non-hydrogen) atoms. The topological polar surface area (TPSA) is 99.3 Å². The summed E-state index contributed by atoms with van der Waals surface area (Å²) in [5.41, 5.74) is -1.34. The highest BCUT2D eigenvalue weighted by Gasteiger charge is 2.04. The molecular weight excluding hydrogens is 176 g/mol. The lowest BCUT2D eigenvalue weighted by Crippen LogP contribution is -2.48. The van der Waals surface area contributed by atoms with Crippen LogP contribution in [0.3, 0.4) is 0 Å². The highest BCUT2D eigenvalue weighted by atomic mass is 16.4. The van der Waals surface area contributed by atoms with Gasteiger partial charge in [-0.25, -0.2) is 0 Å². The van der Waals surface area contributed by atoms with Crippen LogP contribution in [0.1, 0.15) is 5.56 Å². The first kappa shape index (κ1) is 9.11. The fourth-order valence-electron chi connectivity index (χ4n) is 0.955. The Morgan fingerprint density at radius 1 is 1.15 bits per heavy atom. The Kier molecular flexibility index (Phi) is 2.23.